The number of nitrogens with zero attached hydrogens (tertiary/aromatic N) is 1. The Kier molecular flexibility index (Phi) is 6.95. The molecule has 0 atom stereocenters. The van der Waals surface area contributed by atoms with Crippen LogP contribution in [0.5, 0.6) is 5.75 Å². The van der Waals surface area contributed by atoms with Crippen molar-refractivity contribution in [1.82, 2.24) is 4.90 Å². The zero-order chi connectivity index (χ0) is 20.8. The third-order valence-corrected chi connectivity index (χ3v) is 6.59. The number of anilines is 1. The second kappa shape index (κ2) is 10.0. The van der Waals surface area contributed by atoms with Crippen molar-refractivity contribution in [2.75, 3.05) is 29.9 Å². The fraction of sp³-hybridized carbons (Fsp3) is 0.417. The van der Waals surface area contributed by atoms with Crippen molar-refractivity contribution in [3.05, 3.63) is 59.7 Å². The number of carbonyl (C=O) groups is 2. The molecule has 2 amide bonds. The van der Waals surface area contributed by atoms with Gasteiger partial charge in [0.25, 0.3) is 5.91 Å². The minimum atomic E-state index is -0.156. The summed E-state index contributed by atoms with van der Waals surface area (Å²) >= 11 is 1.89. The molecule has 1 saturated heterocycles. The minimum Gasteiger partial charge on any atom is -0.490 e. The SMILES string of the molecule is O=C(Nc1ccc(CC(=O)N2CCSCC2)cc1)c1ccc(OC2CCCC2)cc1. The van der Waals surface area contributed by atoms with Crippen LogP contribution in [0.2, 0.25) is 0 Å². The molecule has 2 fully saturated rings. The first kappa shape index (κ1) is 20.8. The normalized spacial score (nSPS) is 17.0. The lowest BCUT2D eigenvalue weighted by atomic mass is 10.1. The number of hydrogen-bond donors (Lipinski definition) is 1. The molecule has 1 aliphatic carbocycles. The first-order valence-corrected chi connectivity index (χ1v) is 11.9. The second-order valence-electron chi connectivity index (χ2n) is 7.87. The molecule has 2 aromatic carbocycles. The Labute approximate surface area is 182 Å². The Hall–Kier alpha value is -2.47. The molecule has 1 aliphatic heterocycles. The van der Waals surface area contributed by atoms with Gasteiger partial charge in [-0.05, 0) is 67.6 Å². The van der Waals surface area contributed by atoms with Crippen molar-refractivity contribution in [2.24, 2.45) is 0 Å². The number of thioether (sulfide) groups is 1. The summed E-state index contributed by atoms with van der Waals surface area (Å²) in [7, 11) is 0. The maximum absolute atomic E-state index is 12.5. The van der Waals surface area contributed by atoms with Crippen molar-refractivity contribution in [2.45, 2.75) is 38.2 Å². The summed E-state index contributed by atoms with van der Waals surface area (Å²) in [5.74, 6) is 2.87. The summed E-state index contributed by atoms with van der Waals surface area (Å²) in [6.45, 7) is 1.67. The molecule has 1 saturated carbocycles. The summed E-state index contributed by atoms with van der Waals surface area (Å²) in [6.07, 6.45) is 5.40. The third kappa shape index (κ3) is 5.57. The molecular formula is C24H28N2O3S. The van der Waals surface area contributed by atoms with E-state index in [2.05, 4.69) is 5.32 Å². The van der Waals surface area contributed by atoms with Crippen LogP contribution < -0.4 is 10.1 Å². The van der Waals surface area contributed by atoms with Gasteiger partial charge in [-0.2, -0.15) is 11.8 Å². The van der Waals surface area contributed by atoms with E-state index in [-0.39, 0.29) is 11.8 Å². The van der Waals surface area contributed by atoms with Gasteiger partial charge in [0.05, 0.1) is 12.5 Å². The Morgan fingerprint density at radius 1 is 0.967 bits per heavy atom. The largest absolute Gasteiger partial charge is 0.490 e. The van der Waals surface area contributed by atoms with E-state index >= 15 is 0 Å². The van der Waals surface area contributed by atoms with Crippen molar-refractivity contribution >= 4 is 29.3 Å². The molecule has 0 radical (unpaired) electrons. The van der Waals surface area contributed by atoms with E-state index in [1.807, 2.05) is 53.1 Å². The van der Waals surface area contributed by atoms with Gasteiger partial charge in [0.15, 0.2) is 0 Å². The molecule has 2 aromatic rings. The molecular weight excluding hydrogens is 396 g/mol. The molecule has 0 unspecified atom stereocenters. The van der Waals surface area contributed by atoms with Gasteiger partial charge < -0.3 is 15.0 Å². The molecule has 0 bridgehead atoms. The van der Waals surface area contributed by atoms with Crippen LogP contribution in [0.15, 0.2) is 48.5 Å². The lowest BCUT2D eigenvalue weighted by molar-refractivity contribution is -0.130. The minimum absolute atomic E-state index is 0.156. The molecule has 1 heterocycles. The van der Waals surface area contributed by atoms with E-state index in [0.717, 1.165) is 54.4 Å². The smallest absolute Gasteiger partial charge is 0.255 e. The summed E-state index contributed by atoms with van der Waals surface area (Å²) in [6, 6.07) is 14.8. The number of amides is 2. The van der Waals surface area contributed by atoms with E-state index in [9.17, 15) is 9.59 Å². The first-order valence-electron chi connectivity index (χ1n) is 10.7. The summed E-state index contributed by atoms with van der Waals surface area (Å²) in [4.78, 5) is 26.8. The first-order chi connectivity index (χ1) is 14.7. The van der Waals surface area contributed by atoms with Crippen LogP contribution in [-0.4, -0.2) is 47.4 Å². The number of ether oxygens (including phenoxy) is 1. The van der Waals surface area contributed by atoms with E-state index in [1.165, 1.54) is 12.8 Å². The maximum atomic E-state index is 12.5. The molecule has 1 N–H and O–H groups in total. The quantitative estimate of drug-likeness (QED) is 0.748. The Bertz CT molecular complexity index is 855. The summed E-state index contributed by atoms with van der Waals surface area (Å²) < 4.78 is 5.95. The highest BCUT2D eigenvalue weighted by Crippen LogP contribution is 2.24. The van der Waals surface area contributed by atoms with Gasteiger partial charge in [0, 0.05) is 35.8 Å². The highest BCUT2D eigenvalue weighted by molar-refractivity contribution is 7.99. The van der Waals surface area contributed by atoms with Gasteiger partial charge in [-0.25, -0.2) is 0 Å². The number of nitrogens with one attached hydrogen (secondary N) is 1. The second-order valence-corrected chi connectivity index (χ2v) is 9.09. The average molecular weight is 425 g/mol. The zero-order valence-electron chi connectivity index (χ0n) is 17.1. The molecule has 30 heavy (non-hydrogen) atoms. The van der Waals surface area contributed by atoms with Crippen LogP contribution in [0.3, 0.4) is 0 Å². The van der Waals surface area contributed by atoms with Crippen molar-refractivity contribution in [3.8, 4) is 5.75 Å². The average Bonchev–Trinajstić information content (AvgIpc) is 3.29. The summed E-state index contributed by atoms with van der Waals surface area (Å²) in [5, 5.41) is 2.92. The fourth-order valence-electron chi connectivity index (χ4n) is 3.89. The van der Waals surface area contributed by atoms with Crippen LogP contribution >= 0.6 is 11.8 Å². The van der Waals surface area contributed by atoms with Gasteiger partial charge in [-0.1, -0.05) is 12.1 Å². The van der Waals surface area contributed by atoms with Crippen molar-refractivity contribution < 1.29 is 14.3 Å². The number of carbonyl (C=O) groups excluding carboxylic acids is 2. The lowest BCUT2D eigenvalue weighted by Crippen LogP contribution is -2.38. The number of rotatable bonds is 6. The highest BCUT2D eigenvalue weighted by atomic mass is 32.2. The fourth-order valence-corrected chi connectivity index (χ4v) is 4.79. The van der Waals surface area contributed by atoms with Crippen LogP contribution in [-0.2, 0) is 11.2 Å². The Balaban J connectivity index is 1.29. The molecule has 2 aliphatic rings. The predicted octanol–water partition coefficient (Wildman–Crippen LogP) is 4.38. The highest BCUT2D eigenvalue weighted by Gasteiger charge is 2.18. The molecule has 158 valence electrons. The standard InChI is InChI=1S/C24H28N2O3S/c27-23(26-13-15-30-16-14-26)17-18-5-9-20(10-6-18)25-24(28)19-7-11-22(12-8-19)29-21-3-1-2-4-21/h5-12,21H,1-4,13-17H2,(H,25,28). The van der Waals surface area contributed by atoms with Crippen molar-refractivity contribution in [3.63, 3.8) is 0 Å². The topological polar surface area (TPSA) is 58.6 Å². The van der Waals surface area contributed by atoms with Crippen LogP contribution in [0.1, 0.15) is 41.6 Å². The molecule has 0 aromatic heterocycles. The van der Waals surface area contributed by atoms with Gasteiger partial charge >= 0.3 is 0 Å². The van der Waals surface area contributed by atoms with Gasteiger partial charge in [0.2, 0.25) is 5.91 Å². The molecule has 5 nitrogen and oxygen atoms in total. The Morgan fingerprint density at radius 2 is 1.63 bits per heavy atom. The zero-order valence-corrected chi connectivity index (χ0v) is 18.0. The molecule has 0 spiro atoms. The van der Waals surface area contributed by atoms with Crippen LogP contribution in [0.4, 0.5) is 5.69 Å². The Morgan fingerprint density at radius 3 is 2.30 bits per heavy atom. The van der Waals surface area contributed by atoms with Gasteiger partial charge in [-0.15, -0.1) is 0 Å². The monoisotopic (exact) mass is 424 g/mol. The van der Waals surface area contributed by atoms with E-state index in [4.69, 9.17) is 4.74 Å². The van der Waals surface area contributed by atoms with E-state index in [1.54, 1.807) is 12.1 Å². The molecule has 4 rings (SSSR count). The maximum Gasteiger partial charge on any atom is 0.255 e. The van der Waals surface area contributed by atoms with E-state index in [0.29, 0.717) is 18.1 Å². The van der Waals surface area contributed by atoms with Gasteiger partial charge in [-0.3, -0.25) is 9.59 Å². The van der Waals surface area contributed by atoms with Crippen LogP contribution in [0.25, 0.3) is 0 Å². The van der Waals surface area contributed by atoms with E-state index < -0.39 is 0 Å². The van der Waals surface area contributed by atoms with Crippen molar-refractivity contribution in [1.29, 1.82) is 0 Å². The van der Waals surface area contributed by atoms with Crippen LogP contribution in [0, 0.1) is 0 Å². The predicted molar refractivity (Wildman–Crippen MR) is 121 cm³/mol. The lowest BCUT2D eigenvalue weighted by Gasteiger charge is -2.26. The number of hydrogen-bond acceptors (Lipinski definition) is 4. The van der Waals surface area contributed by atoms with Gasteiger partial charge in [0.1, 0.15) is 5.75 Å². The summed E-state index contributed by atoms with van der Waals surface area (Å²) in [5.41, 5.74) is 2.28. The molecule has 6 heteroatoms. The third-order valence-electron chi connectivity index (χ3n) is 5.65. The number of benzene rings is 2.